The van der Waals surface area contributed by atoms with Gasteiger partial charge in [0, 0.05) is 30.2 Å². The molecular weight excluding hydrogens is 352 g/mol. The normalized spacial score (nSPS) is 10.7. The van der Waals surface area contributed by atoms with Gasteiger partial charge in [-0.1, -0.05) is 36.7 Å². The lowest BCUT2D eigenvalue weighted by Gasteiger charge is -2.23. The predicted octanol–water partition coefficient (Wildman–Crippen LogP) is 4.40. The number of aromatic amines is 1. The topological polar surface area (TPSA) is 62.4 Å². The zero-order chi connectivity index (χ0) is 19.3. The minimum Gasteiger partial charge on any atom is -0.461 e. The first-order valence-corrected chi connectivity index (χ1v) is 9.13. The molecule has 0 bridgehead atoms. The Morgan fingerprint density at radius 3 is 2.46 bits per heavy atom. The molecule has 0 atom stereocenters. The van der Waals surface area contributed by atoms with Crippen molar-refractivity contribution in [1.29, 1.82) is 0 Å². The van der Waals surface area contributed by atoms with Gasteiger partial charge >= 0.3 is 5.97 Å². The fraction of sp³-hybridized carbons (Fsp3) is 0.400. The second-order valence-corrected chi connectivity index (χ2v) is 6.55. The lowest BCUT2D eigenvalue weighted by atomic mass is 10.1. The fourth-order valence-corrected chi connectivity index (χ4v) is 3.11. The third-order valence-electron chi connectivity index (χ3n) is 4.40. The maximum Gasteiger partial charge on any atom is 0.355 e. The number of aromatic nitrogens is 1. The van der Waals surface area contributed by atoms with Crippen LogP contribution in [0.4, 0.5) is 0 Å². The van der Waals surface area contributed by atoms with Gasteiger partial charge in [0.05, 0.1) is 6.61 Å². The number of hydrogen-bond donors (Lipinski definition) is 1. The van der Waals surface area contributed by atoms with E-state index in [1.54, 1.807) is 11.8 Å². The Balaban J connectivity index is 2.30. The number of ether oxygens (including phenoxy) is 1. The van der Waals surface area contributed by atoms with Gasteiger partial charge in [0.15, 0.2) is 0 Å². The van der Waals surface area contributed by atoms with Crippen LogP contribution in [0, 0.1) is 13.8 Å². The van der Waals surface area contributed by atoms with E-state index >= 15 is 0 Å². The first-order chi connectivity index (χ1) is 12.4. The number of amides is 1. The lowest BCUT2D eigenvalue weighted by molar-refractivity contribution is -0.132. The zero-order valence-electron chi connectivity index (χ0n) is 15.7. The molecule has 1 aromatic carbocycles. The number of H-pyrrole nitrogens is 1. The molecule has 0 unspecified atom stereocenters. The Kier molecular flexibility index (Phi) is 6.86. The molecule has 5 nitrogen and oxygen atoms in total. The van der Waals surface area contributed by atoms with Crippen molar-refractivity contribution in [2.75, 3.05) is 6.61 Å². The van der Waals surface area contributed by atoms with Gasteiger partial charge in [-0.3, -0.25) is 4.79 Å². The van der Waals surface area contributed by atoms with Crippen LogP contribution >= 0.6 is 11.6 Å². The van der Waals surface area contributed by atoms with Crippen LogP contribution in [0.1, 0.15) is 53.1 Å². The van der Waals surface area contributed by atoms with Crippen LogP contribution in [-0.2, 0) is 22.6 Å². The van der Waals surface area contributed by atoms with E-state index < -0.39 is 0 Å². The highest BCUT2D eigenvalue weighted by atomic mass is 35.5. The summed E-state index contributed by atoms with van der Waals surface area (Å²) in [5, 5.41) is 0.635. The van der Waals surface area contributed by atoms with Crippen LogP contribution in [0.15, 0.2) is 24.3 Å². The number of carbonyl (C=O) groups is 2. The number of rotatable bonds is 7. The summed E-state index contributed by atoms with van der Waals surface area (Å²) < 4.78 is 5.09. The van der Waals surface area contributed by atoms with Crippen molar-refractivity contribution in [3.8, 4) is 0 Å². The standard InChI is InChI=1S/C20H25ClN2O3/c1-5-18(24)23(11-15-9-7-8-10-17(15)21)12-16-13(3)19(22-14(16)4)20(25)26-6-2/h7-10,22H,5-6,11-12H2,1-4H3. The van der Waals surface area contributed by atoms with Gasteiger partial charge in [-0.05, 0) is 43.5 Å². The fourth-order valence-electron chi connectivity index (χ4n) is 2.91. The molecule has 1 aromatic heterocycles. The molecule has 1 amide bonds. The minimum atomic E-state index is -0.376. The molecule has 6 heteroatoms. The van der Waals surface area contributed by atoms with E-state index in [0.717, 1.165) is 22.4 Å². The molecule has 0 aliphatic carbocycles. The van der Waals surface area contributed by atoms with Crippen molar-refractivity contribution in [3.63, 3.8) is 0 Å². The second-order valence-electron chi connectivity index (χ2n) is 6.14. The Morgan fingerprint density at radius 1 is 1.15 bits per heavy atom. The van der Waals surface area contributed by atoms with Crippen molar-refractivity contribution in [3.05, 3.63) is 57.4 Å². The molecule has 2 aromatic rings. The van der Waals surface area contributed by atoms with Gasteiger partial charge in [-0.25, -0.2) is 4.79 Å². The highest BCUT2D eigenvalue weighted by Crippen LogP contribution is 2.24. The molecule has 0 aliphatic rings. The van der Waals surface area contributed by atoms with Gasteiger partial charge in [-0.15, -0.1) is 0 Å². The number of benzene rings is 1. The molecule has 0 saturated carbocycles. The number of nitrogens with zero attached hydrogens (tertiary/aromatic N) is 1. The van der Waals surface area contributed by atoms with Gasteiger partial charge in [0.1, 0.15) is 5.69 Å². The third-order valence-corrected chi connectivity index (χ3v) is 4.76. The number of halogens is 1. The van der Waals surface area contributed by atoms with Crippen LogP contribution in [0.3, 0.4) is 0 Å². The number of hydrogen-bond acceptors (Lipinski definition) is 3. The van der Waals surface area contributed by atoms with E-state index in [0.29, 0.717) is 36.8 Å². The number of carbonyl (C=O) groups excluding carboxylic acids is 2. The predicted molar refractivity (Wildman–Crippen MR) is 102 cm³/mol. The largest absolute Gasteiger partial charge is 0.461 e. The summed E-state index contributed by atoms with van der Waals surface area (Å²) in [5.74, 6) is -0.346. The third kappa shape index (κ3) is 4.47. The lowest BCUT2D eigenvalue weighted by Crippen LogP contribution is -2.30. The van der Waals surface area contributed by atoms with Crippen LogP contribution in [0.25, 0.3) is 0 Å². The molecular formula is C20H25ClN2O3. The van der Waals surface area contributed by atoms with Crippen LogP contribution < -0.4 is 0 Å². The minimum absolute atomic E-state index is 0.0302. The first kappa shape index (κ1) is 20.0. The van der Waals surface area contributed by atoms with Crippen molar-refractivity contribution < 1.29 is 14.3 Å². The molecule has 0 fully saturated rings. The molecule has 2 rings (SSSR count). The number of esters is 1. The van der Waals surface area contributed by atoms with Crippen LogP contribution in [0.2, 0.25) is 5.02 Å². The van der Waals surface area contributed by atoms with E-state index in [9.17, 15) is 9.59 Å². The summed E-state index contributed by atoms with van der Waals surface area (Å²) in [7, 11) is 0. The Labute approximate surface area is 159 Å². The van der Waals surface area contributed by atoms with E-state index in [4.69, 9.17) is 16.3 Å². The van der Waals surface area contributed by atoms with E-state index in [1.165, 1.54) is 0 Å². The summed E-state index contributed by atoms with van der Waals surface area (Å²) in [4.78, 5) is 29.4. The maximum atomic E-state index is 12.5. The average Bonchev–Trinajstić information content (AvgIpc) is 2.90. The highest BCUT2D eigenvalue weighted by molar-refractivity contribution is 6.31. The summed E-state index contributed by atoms with van der Waals surface area (Å²) in [5.41, 5.74) is 3.95. The Bertz CT molecular complexity index is 798. The SMILES string of the molecule is CCOC(=O)c1[nH]c(C)c(CN(Cc2ccccc2Cl)C(=O)CC)c1C. The monoisotopic (exact) mass is 376 g/mol. The second kappa shape index (κ2) is 8.90. The van der Waals surface area contributed by atoms with Crippen molar-refractivity contribution in [1.82, 2.24) is 9.88 Å². The van der Waals surface area contributed by atoms with Crippen LogP contribution in [0.5, 0.6) is 0 Å². The highest BCUT2D eigenvalue weighted by Gasteiger charge is 2.22. The van der Waals surface area contributed by atoms with Crippen molar-refractivity contribution >= 4 is 23.5 Å². The maximum absolute atomic E-state index is 12.5. The molecule has 0 radical (unpaired) electrons. The van der Waals surface area contributed by atoms with E-state index in [2.05, 4.69) is 4.98 Å². The van der Waals surface area contributed by atoms with E-state index in [1.807, 2.05) is 45.0 Å². The zero-order valence-corrected chi connectivity index (χ0v) is 16.4. The molecule has 0 aliphatic heterocycles. The van der Waals surface area contributed by atoms with Gasteiger partial charge < -0.3 is 14.6 Å². The van der Waals surface area contributed by atoms with Crippen molar-refractivity contribution in [2.45, 2.75) is 47.2 Å². The smallest absolute Gasteiger partial charge is 0.355 e. The first-order valence-electron chi connectivity index (χ1n) is 8.75. The quantitative estimate of drug-likeness (QED) is 0.728. The molecule has 26 heavy (non-hydrogen) atoms. The molecule has 1 N–H and O–H groups in total. The van der Waals surface area contributed by atoms with Gasteiger partial charge in [0.2, 0.25) is 5.91 Å². The van der Waals surface area contributed by atoms with Crippen molar-refractivity contribution in [2.24, 2.45) is 0 Å². The average molecular weight is 377 g/mol. The molecule has 0 spiro atoms. The summed E-state index contributed by atoms with van der Waals surface area (Å²) >= 11 is 6.26. The Morgan fingerprint density at radius 2 is 1.85 bits per heavy atom. The molecule has 1 heterocycles. The summed E-state index contributed by atoms with van der Waals surface area (Å²) in [6.07, 6.45) is 0.401. The van der Waals surface area contributed by atoms with E-state index in [-0.39, 0.29) is 11.9 Å². The van der Waals surface area contributed by atoms with Crippen LogP contribution in [-0.4, -0.2) is 28.4 Å². The van der Waals surface area contributed by atoms with Gasteiger partial charge in [0.25, 0.3) is 0 Å². The Hall–Kier alpha value is -2.27. The number of nitrogens with one attached hydrogen (secondary N) is 1. The summed E-state index contributed by atoms with van der Waals surface area (Å²) in [6.45, 7) is 8.53. The molecule has 0 saturated heterocycles. The molecule has 140 valence electrons. The van der Waals surface area contributed by atoms with Gasteiger partial charge in [-0.2, -0.15) is 0 Å². The number of aryl methyl sites for hydroxylation is 1. The summed E-state index contributed by atoms with van der Waals surface area (Å²) in [6, 6.07) is 7.50.